The minimum atomic E-state index is -0.647. The van der Waals surface area contributed by atoms with Gasteiger partial charge in [-0.1, -0.05) is 38.5 Å². The maximum atomic E-state index is 11.8. The highest BCUT2D eigenvalue weighted by atomic mass is 16.3. The molecule has 2 rings (SSSR count). The molecule has 2 aliphatic rings. The van der Waals surface area contributed by atoms with E-state index in [1.54, 1.807) is 0 Å². The van der Waals surface area contributed by atoms with Gasteiger partial charge in [-0.3, -0.25) is 4.79 Å². The number of carbonyl (C=O) groups excluding carboxylic acids is 1. The fourth-order valence-corrected chi connectivity index (χ4v) is 2.81. The van der Waals surface area contributed by atoms with Crippen LogP contribution in [0.15, 0.2) is 0 Å². The van der Waals surface area contributed by atoms with Crippen molar-refractivity contribution in [3.63, 3.8) is 0 Å². The summed E-state index contributed by atoms with van der Waals surface area (Å²) < 4.78 is 0. The smallest absolute Gasteiger partial charge is 0.161 e. The Labute approximate surface area is 92.1 Å². The molecule has 2 aliphatic carbocycles. The zero-order valence-corrected chi connectivity index (χ0v) is 9.45. The Hall–Kier alpha value is -0.370. The summed E-state index contributed by atoms with van der Waals surface area (Å²) in [6.45, 7) is 0. The van der Waals surface area contributed by atoms with E-state index in [1.807, 2.05) is 0 Å². The molecule has 0 heterocycles. The van der Waals surface area contributed by atoms with E-state index in [1.165, 1.54) is 38.5 Å². The van der Waals surface area contributed by atoms with Gasteiger partial charge in [-0.15, -0.1) is 0 Å². The van der Waals surface area contributed by atoms with Crippen LogP contribution in [-0.2, 0) is 4.79 Å². The second-order valence-corrected chi connectivity index (χ2v) is 5.31. The van der Waals surface area contributed by atoms with Crippen molar-refractivity contribution >= 4 is 5.78 Å². The Morgan fingerprint density at radius 2 is 1.73 bits per heavy atom. The van der Waals surface area contributed by atoms with Crippen molar-refractivity contribution in [1.82, 2.24) is 0 Å². The molecule has 1 unspecified atom stereocenters. The van der Waals surface area contributed by atoms with Crippen molar-refractivity contribution in [3.8, 4) is 0 Å². The highest BCUT2D eigenvalue weighted by Gasteiger charge is 2.30. The molecule has 0 radical (unpaired) electrons. The molecule has 1 atom stereocenters. The summed E-state index contributed by atoms with van der Waals surface area (Å²) in [6, 6.07) is 0. The molecule has 15 heavy (non-hydrogen) atoms. The fourth-order valence-electron chi connectivity index (χ4n) is 2.81. The third-order valence-corrected chi connectivity index (χ3v) is 4.14. The Balaban J connectivity index is 1.77. The molecule has 0 saturated heterocycles. The lowest BCUT2D eigenvalue weighted by atomic mass is 9.78. The molecule has 2 nitrogen and oxygen atoms in total. The quantitative estimate of drug-likeness (QED) is 0.774. The van der Waals surface area contributed by atoms with Gasteiger partial charge in [0.05, 0.1) is 0 Å². The maximum absolute atomic E-state index is 11.8. The largest absolute Gasteiger partial charge is 0.385 e. The molecular weight excluding hydrogens is 188 g/mol. The average Bonchev–Trinajstić information content (AvgIpc) is 2.23. The van der Waals surface area contributed by atoms with Gasteiger partial charge in [-0.2, -0.15) is 0 Å². The summed E-state index contributed by atoms with van der Waals surface area (Å²) in [6.07, 6.45) is 9.43. The van der Waals surface area contributed by atoms with E-state index in [0.29, 0.717) is 12.3 Å². The number of hydrogen-bond donors (Lipinski definition) is 1. The minimum Gasteiger partial charge on any atom is -0.385 e. The van der Waals surface area contributed by atoms with Crippen LogP contribution in [0, 0.1) is 11.8 Å². The van der Waals surface area contributed by atoms with Crippen molar-refractivity contribution in [2.45, 2.75) is 63.9 Å². The van der Waals surface area contributed by atoms with E-state index in [-0.39, 0.29) is 11.7 Å². The van der Waals surface area contributed by atoms with E-state index in [2.05, 4.69) is 0 Å². The first-order valence-corrected chi connectivity index (χ1v) is 6.48. The van der Waals surface area contributed by atoms with Crippen LogP contribution in [0.25, 0.3) is 0 Å². The van der Waals surface area contributed by atoms with Crippen LogP contribution in [-0.4, -0.2) is 17.0 Å². The third kappa shape index (κ3) is 2.81. The lowest BCUT2D eigenvalue weighted by Crippen LogP contribution is -2.33. The number of aliphatic hydroxyl groups excluding tert-OH is 1. The van der Waals surface area contributed by atoms with Gasteiger partial charge in [-0.05, 0) is 24.7 Å². The van der Waals surface area contributed by atoms with Crippen molar-refractivity contribution < 1.29 is 9.90 Å². The van der Waals surface area contributed by atoms with Crippen LogP contribution in [0.1, 0.15) is 57.8 Å². The lowest BCUT2D eigenvalue weighted by Gasteiger charge is -2.29. The van der Waals surface area contributed by atoms with Gasteiger partial charge in [0.2, 0.25) is 0 Å². The maximum Gasteiger partial charge on any atom is 0.161 e. The SMILES string of the molecule is O=C(CC1CCC1)C(O)C1CCCCC1. The summed E-state index contributed by atoms with van der Waals surface area (Å²) >= 11 is 0. The first-order valence-electron chi connectivity index (χ1n) is 6.48. The standard InChI is InChI=1S/C13H22O2/c14-12(9-10-5-4-6-10)13(15)11-7-2-1-3-8-11/h10-11,13,15H,1-9H2. The van der Waals surface area contributed by atoms with E-state index in [0.717, 1.165) is 12.8 Å². The van der Waals surface area contributed by atoms with Gasteiger partial charge in [0, 0.05) is 6.42 Å². The predicted molar refractivity (Wildman–Crippen MR) is 59.5 cm³/mol. The molecule has 1 N–H and O–H groups in total. The first kappa shape index (κ1) is 11.1. The van der Waals surface area contributed by atoms with Crippen LogP contribution >= 0.6 is 0 Å². The van der Waals surface area contributed by atoms with Gasteiger partial charge in [0.1, 0.15) is 6.10 Å². The molecule has 2 saturated carbocycles. The van der Waals surface area contributed by atoms with Crippen molar-refractivity contribution in [2.75, 3.05) is 0 Å². The first-order chi connectivity index (χ1) is 7.27. The highest BCUT2D eigenvalue weighted by molar-refractivity contribution is 5.83. The van der Waals surface area contributed by atoms with Crippen molar-refractivity contribution in [2.24, 2.45) is 11.8 Å². The number of carbonyl (C=O) groups is 1. The molecule has 2 heteroatoms. The zero-order chi connectivity index (χ0) is 10.7. The summed E-state index contributed by atoms with van der Waals surface area (Å²) in [5, 5.41) is 9.96. The highest BCUT2D eigenvalue weighted by Crippen LogP contribution is 2.32. The van der Waals surface area contributed by atoms with Crippen molar-refractivity contribution in [3.05, 3.63) is 0 Å². The normalized spacial score (nSPS) is 25.9. The number of ketones is 1. The van der Waals surface area contributed by atoms with E-state index < -0.39 is 6.10 Å². The van der Waals surface area contributed by atoms with Crippen LogP contribution in [0.4, 0.5) is 0 Å². The second kappa shape index (κ2) is 5.11. The van der Waals surface area contributed by atoms with Gasteiger partial charge < -0.3 is 5.11 Å². The number of hydrogen-bond acceptors (Lipinski definition) is 2. The summed E-state index contributed by atoms with van der Waals surface area (Å²) in [4.78, 5) is 11.8. The molecule has 2 fully saturated rings. The molecule has 0 aliphatic heterocycles. The topological polar surface area (TPSA) is 37.3 Å². The monoisotopic (exact) mass is 210 g/mol. The Morgan fingerprint density at radius 1 is 1.07 bits per heavy atom. The third-order valence-electron chi connectivity index (χ3n) is 4.14. The van der Waals surface area contributed by atoms with Crippen molar-refractivity contribution in [1.29, 1.82) is 0 Å². The lowest BCUT2D eigenvalue weighted by molar-refractivity contribution is -0.132. The van der Waals surface area contributed by atoms with Crippen LogP contribution in [0.3, 0.4) is 0 Å². The molecule has 86 valence electrons. The Morgan fingerprint density at radius 3 is 2.27 bits per heavy atom. The van der Waals surface area contributed by atoms with E-state index in [9.17, 15) is 9.90 Å². The summed E-state index contributed by atoms with van der Waals surface area (Å²) in [5.74, 6) is 0.980. The number of aliphatic hydroxyl groups is 1. The number of rotatable bonds is 4. The Bertz CT molecular complexity index is 215. The van der Waals surface area contributed by atoms with Gasteiger partial charge >= 0.3 is 0 Å². The van der Waals surface area contributed by atoms with Gasteiger partial charge in [0.15, 0.2) is 5.78 Å². The van der Waals surface area contributed by atoms with Crippen LogP contribution < -0.4 is 0 Å². The second-order valence-electron chi connectivity index (χ2n) is 5.31. The zero-order valence-electron chi connectivity index (χ0n) is 9.45. The molecule has 0 amide bonds. The van der Waals surface area contributed by atoms with Gasteiger partial charge in [0.25, 0.3) is 0 Å². The Kier molecular flexibility index (Phi) is 3.79. The van der Waals surface area contributed by atoms with Gasteiger partial charge in [-0.25, -0.2) is 0 Å². The fraction of sp³-hybridized carbons (Fsp3) is 0.923. The molecule has 0 bridgehead atoms. The minimum absolute atomic E-state index is 0.117. The molecule has 0 aromatic carbocycles. The molecule has 0 spiro atoms. The summed E-state index contributed by atoms with van der Waals surface area (Å²) in [7, 11) is 0. The number of Topliss-reactive ketones (excluding diaryl/α,β-unsaturated/α-hetero) is 1. The van der Waals surface area contributed by atoms with E-state index in [4.69, 9.17) is 0 Å². The molecule has 0 aromatic rings. The molecule has 0 aromatic heterocycles. The predicted octanol–water partition coefficient (Wildman–Crippen LogP) is 2.69. The molecular formula is C13H22O2. The summed E-state index contributed by atoms with van der Waals surface area (Å²) in [5.41, 5.74) is 0. The van der Waals surface area contributed by atoms with Crippen LogP contribution in [0.2, 0.25) is 0 Å². The van der Waals surface area contributed by atoms with Crippen LogP contribution in [0.5, 0.6) is 0 Å². The van der Waals surface area contributed by atoms with E-state index >= 15 is 0 Å². The average molecular weight is 210 g/mol.